The van der Waals surface area contributed by atoms with Gasteiger partial charge in [0.1, 0.15) is 5.75 Å². The van der Waals surface area contributed by atoms with Crippen molar-refractivity contribution in [2.75, 3.05) is 13.7 Å². The maximum Gasteiger partial charge on any atom is 0.325 e. The summed E-state index contributed by atoms with van der Waals surface area (Å²) in [5.74, 6) is 0.0437. The van der Waals surface area contributed by atoms with Gasteiger partial charge in [0.15, 0.2) is 6.07 Å². The van der Waals surface area contributed by atoms with E-state index in [9.17, 15) is 4.79 Å². The van der Waals surface area contributed by atoms with Crippen molar-refractivity contribution in [2.45, 2.75) is 13.5 Å². The zero-order chi connectivity index (χ0) is 12.8. The maximum atomic E-state index is 11.1. The first-order chi connectivity index (χ1) is 8.08. The predicted molar refractivity (Wildman–Crippen MR) is 64.7 cm³/mol. The molecule has 0 spiro atoms. The van der Waals surface area contributed by atoms with Crippen LogP contribution in [0.2, 0.25) is 5.02 Å². The van der Waals surface area contributed by atoms with Crippen molar-refractivity contribution < 1.29 is 9.53 Å². The van der Waals surface area contributed by atoms with Gasteiger partial charge < -0.3 is 9.64 Å². The average Bonchev–Trinajstić information content (AvgIpc) is 2.31. The molecular formula is C12H13ClN2O2. The Kier molecular flexibility index (Phi) is 4.80. The molecule has 0 aliphatic rings. The van der Waals surface area contributed by atoms with Crippen LogP contribution in [0.1, 0.15) is 12.5 Å². The van der Waals surface area contributed by atoms with Gasteiger partial charge >= 0.3 is 5.91 Å². The smallest absolute Gasteiger partial charge is 0.325 e. The van der Waals surface area contributed by atoms with E-state index in [1.54, 1.807) is 25.2 Å². The lowest BCUT2D eigenvalue weighted by Gasteiger charge is -2.14. The fourth-order valence-corrected chi connectivity index (χ4v) is 1.60. The van der Waals surface area contributed by atoms with Gasteiger partial charge in [-0.2, -0.15) is 5.26 Å². The minimum atomic E-state index is -0.574. The van der Waals surface area contributed by atoms with Crippen LogP contribution in [0.3, 0.4) is 0 Å². The molecule has 0 aliphatic carbocycles. The number of carbonyl (C=O) groups is 1. The zero-order valence-corrected chi connectivity index (χ0v) is 10.5. The number of amides is 1. The summed E-state index contributed by atoms with van der Waals surface area (Å²) in [7, 11) is 1.57. The van der Waals surface area contributed by atoms with Gasteiger partial charge in [-0.3, -0.25) is 4.79 Å². The van der Waals surface area contributed by atoms with Gasteiger partial charge in [0.25, 0.3) is 0 Å². The van der Waals surface area contributed by atoms with E-state index in [4.69, 9.17) is 21.6 Å². The number of ether oxygens (including phenoxy) is 1. The topological polar surface area (TPSA) is 53.3 Å². The summed E-state index contributed by atoms with van der Waals surface area (Å²) in [6.45, 7) is 2.77. The molecule has 5 heteroatoms. The van der Waals surface area contributed by atoms with Gasteiger partial charge in [-0.1, -0.05) is 17.7 Å². The summed E-state index contributed by atoms with van der Waals surface area (Å²) in [5, 5.41) is 8.97. The quantitative estimate of drug-likeness (QED) is 0.772. The number of hydrogen-bond acceptors (Lipinski definition) is 3. The molecule has 1 aromatic carbocycles. The first-order valence-electron chi connectivity index (χ1n) is 5.15. The molecule has 4 nitrogen and oxygen atoms in total. The Morgan fingerprint density at radius 1 is 1.59 bits per heavy atom. The Hall–Kier alpha value is -1.73. The molecule has 0 bridgehead atoms. The number of halogens is 1. The summed E-state index contributed by atoms with van der Waals surface area (Å²) in [6, 6.07) is 6.86. The minimum absolute atomic E-state index is 0.346. The van der Waals surface area contributed by atoms with Crippen molar-refractivity contribution in [1.29, 1.82) is 5.26 Å². The van der Waals surface area contributed by atoms with E-state index < -0.39 is 5.91 Å². The largest absolute Gasteiger partial charge is 0.492 e. The highest BCUT2D eigenvalue weighted by atomic mass is 35.5. The van der Waals surface area contributed by atoms with E-state index >= 15 is 0 Å². The highest BCUT2D eigenvalue weighted by Gasteiger charge is 2.09. The molecule has 0 radical (unpaired) electrons. The van der Waals surface area contributed by atoms with Gasteiger partial charge in [0, 0.05) is 13.6 Å². The molecular weight excluding hydrogens is 240 g/mol. The second-order valence-electron chi connectivity index (χ2n) is 3.47. The first-order valence-corrected chi connectivity index (χ1v) is 5.52. The molecule has 0 saturated heterocycles. The number of nitriles is 1. The van der Waals surface area contributed by atoms with Crippen LogP contribution in [0.4, 0.5) is 0 Å². The summed E-state index contributed by atoms with van der Waals surface area (Å²) < 4.78 is 5.30. The summed E-state index contributed by atoms with van der Waals surface area (Å²) in [5.41, 5.74) is 0.851. The molecule has 0 heterocycles. The number of benzene rings is 1. The van der Waals surface area contributed by atoms with E-state index in [2.05, 4.69) is 0 Å². The Morgan fingerprint density at radius 3 is 2.82 bits per heavy atom. The zero-order valence-electron chi connectivity index (χ0n) is 9.74. The molecule has 0 unspecified atom stereocenters. The number of rotatable bonds is 4. The fourth-order valence-electron chi connectivity index (χ4n) is 1.35. The van der Waals surface area contributed by atoms with E-state index in [1.165, 1.54) is 4.90 Å². The highest BCUT2D eigenvalue weighted by molar-refractivity contribution is 6.32. The highest BCUT2D eigenvalue weighted by Crippen LogP contribution is 2.25. The molecule has 1 rings (SSSR count). The Labute approximate surface area is 105 Å². The lowest BCUT2D eigenvalue weighted by atomic mass is 10.2. The SMILES string of the molecule is CCOc1ccc(CN(C)C(=O)C#N)cc1Cl. The van der Waals surface area contributed by atoms with Gasteiger partial charge in [-0.25, -0.2) is 0 Å². The van der Waals surface area contributed by atoms with Crippen molar-refractivity contribution in [1.82, 2.24) is 4.90 Å². The van der Waals surface area contributed by atoms with Crippen LogP contribution < -0.4 is 4.74 Å². The fraction of sp³-hybridized carbons (Fsp3) is 0.333. The van der Waals surface area contributed by atoms with Crippen LogP contribution in [0, 0.1) is 11.3 Å². The third kappa shape index (κ3) is 3.65. The van der Waals surface area contributed by atoms with E-state index in [0.717, 1.165) is 5.56 Å². The van der Waals surface area contributed by atoms with Crippen molar-refractivity contribution in [2.24, 2.45) is 0 Å². The van der Waals surface area contributed by atoms with Gasteiger partial charge in [-0.05, 0) is 24.6 Å². The molecule has 0 aliphatic heterocycles. The summed E-state index contributed by atoms with van der Waals surface area (Å²) >= 11 is 6.01. The minimum Gasteiger partial charge on any atom is -0.492 e. The molecule has 0 N–H and O–H groups in total. The second-order valence-corrected chi connectivity index (χ2v) is 3.88. The van der Waals surface area contributed by atoms with Crippen LogP contribution in [-0.4, -0.2) is 24.5 Å². The van der Waals surface area contributed by atoms with Crippen LogP contribution in [0.25, 0.3) is 0 Å². The molecule has 17 heavy (non-hydrogen) atoms. The summed E-state index contributed by atoms with van der Waals surface area (Å²) in [6.07, 6.45) is 0. The van der Waals surface area contributed by atoms with Crippen LogP contribution in [0.5, 0.6) is 5.75 Å². The average molecular weight is 253 g/mol. The lowest BCUT2D eigenvalue weighted by Crippen LogP contribution is -2.24. The lowest BCUT2D eigenvalue weighted by molar-refractivity contribution is -0.124. The van der Waals surface area contributed by atoms with Crippen LogP contribution >= 0.6 is 11.6 Å². The van der Waals surface area contributed by atoms with Crippen LogP contribution in [0.15, 0.2) is 18.2 Å². The third-order valence-corrected chi connectivity index (χ3v) is 2.45. The molecule has 1 amide bonds. The summed E-state index contributed by atoms with van der Waals surface area (Å²) in [4.78, 5) is 12.4. The van der Waals surface area contributed by atoms with Crippen molar-refractivity contribution in [3.8, 4) is 11.8 Å². The molecule has 1 aromatic rings. The van der Waals surface area contributed by atoms with Crippen molar-refractivity contribution in [3.63, 3.8) is 0 Å². The van der Waals surface area contributed by atoms with E-state index in [0.29, 0.717) is 23.9 Å². The predicted octanol–water partition coefficient (Wildman–Crippen LogP) is 2.22. The number of nitrogens with zero attached hydrogens (tertiary/aromatic N) is 2. The molecule has 0 saturated carbocycles. The van der Waals surface area contributed by atoms with E-state index in [1.807, 2.05) is 13.0 Å². The van der Waals surface area contributed by atoms with Gasteiger partial charge in [0.05, 0.1) is 11.6 Å². The molecule has 0 atom stereocenters. The molecule has 0 fully saturated rings. The Bertz CT molecular complexity index is 454. The van der Waals surface area contributed by atoms with E-state index in [-0.39, 0.29) is 0 Å². The third-order valence-electron chi connectivity index (χ3n) is 2.16. The number of carbonyl (C=O) groups excluding carboxylic acids is 1. The Balaban J connectivity index is 2.77. The van der Waals surface area contributed by atoms with Crippen molar-refractivity contribution in [3.05, 3.63) is 28.8 Å². The molecule has 0 aromatic heterocycles. The van der Waals surface area contributed by atoms with Crippen molar-refractivity contribution >= 4 is 17.5 Å². The molecule has 90 valence electrons. The standard InChI is InChI=1S/C12H13ClN2O2/c1-3-17-11-5-4-9(6-10(11)13)8-15(2)12(16)7-14/h4-6H,3,8H2,1-2H3. The normalized spacial score (nSPS) is 9.53. The van der Waals surface area contributed by atoms with Gasteiger partial charge in [0.2, 0.25) is 0 Å². The Morgan fingerprint density at radius 2 is 2.29 bits per heavy atom. The maximum absolute atomic E-state index is 11.1. The van der Waals surface area contributed by atoms with Crippen LogP contribution in [-0.2, 0) is 11.3 Å². The number of hydrogen-bond donors (Lipinski definition) is 0. The monoisotopic (exact) mass is 252 g/mol. The van der Waals surface area contributed by atoms with Gasteiger partial charge in [-0.15, -0.1) is 0 Å². The second kappa shape index (κ2) is 6.12. The first kappa shape index (κ1) is 13.3.